The molecule has 0 radical (unpaired) electrons. The molecule has 0 fully saturated rings. The van der Waals surface area contributed by atoms with Crippen LogP contribution in [0, 0.1) is 13.8 Å². The van der Waals surface area contributed by atoms with Crippen LogP contribution in [-0.2, 0) is 0 Å². The van der Waals surface area contributed by atoms with E-state index in [1.807, 2.05) is 24.3 Å². The van der Waals surface area contributed by atoms with Gasteiger partial charge in [-0.25, -0.2) is 9.97 Å². The molecule has 6 heteroatoms. The molecule has 0 unspecified atom stereocenters. The average Bonchev–Trinajstić information content (AvgIpc) is 2.65. The Kier molecular flexibility index (Phi) is 4.31. The number of nitrogens with zero attached hydrogens (tertiary/aromatic N) is 2. The van der Waals surface area contributed by atoms with Gasteiger partial charge in [-0.05, 0) is 43.2 Å². The minimum Gasteiger partial charge on any atom is -0.486 e. The van der Waals surface area contributed by atoms with Crippen molar-refractivity contribution in [2.24, 2.45) is 0 Å². The monoisotopic (exact) mass is 348 g/mol. The lowest BCUT2D eigenvalue weighted by Gasteiger charge is -2.19. The number of nitrogens with one attached hydrogen (secondary N) is 2. The SMILES string of the molecule is Cc1ccc(C)c(Nc2cc(Nc3ccc4c(c3)OCCO4)ncn2)c1. The van der Waals surface area contributed by atoms with E-state index in [-0.39, 0.29) is 0 Å². The van der Waals surface area contributed by atoms with Crippen LogP contribution < -0.4 is 20.1 Å². The lowest BCUT2D eigenvalue weighted by atomic mass is 10.1. The standard InChI is InChI=1S/C20H20N4O2/c1-13-3-4-14(2)16(9-13)24-20-11-19(21-12-22-20)23-15-5-6-17-18(10-15)26-8-7-25-17/h3-6,9-12H,7-8H2,1-2H3,(H2,21,22,23,24). The molecule has 0 aliphatic carbocycles. The zero-order chi connectivity index (χ0) is 17.9. The minimum atomic E-state index is 0.563. The number of ether oxygens (including phenoxy) is 2. The maximum atomic E-state index is 5.62. The molecular weight excluding hydrogens is 328 g/mol. The molecule has 2 heterocycles. The molecule has 0 amide bonds. The predicted molar refractivity (Wildman–Crippen MR) is 102 cm³/mol. The summed E-state index contributed by atoms with van der Waals surface area (Å²) in [6.45, 7) is 5.28. The minimum absolute atomic E-state index is 0.563. The van der Waals surface area contributed by atoms with Crippen LogP contribution in [0.1, 0.15) is 11.1 Å². The highest BCUT2D eigenvalue weighted by Crippen LogP contribution is 2.33. The number of rotatable bonds is 4. The molecule has 1 aliphatic heterocycles. The number of aryl methyl sites for hydroxylation is 2. The Balaban J connectivity index is 1.53. The molecule has 1 aromatic heterocycles. The summed E-state index contributed by atoms with van der Waals surface area (Å²) < 4.78 is 11.2. The van der Waals surface area contributed by atoms with Crippen molar-refractivity contribution < 1.29 is 9.47 Å². The van der Waals surface area contributed by atoms with Crippen molar-refractivity contribution in [1.82, 2.24) is 9.97 Å². The van der Waals surface area contributed by atoms with Gasteiger partial charge in [0.2, 0.25) is 0 Å². The highest BCUT2D eigenvalue weighted by molar-refractivity contribution is 5.66. The van der Waals surface area contributed by atoms with Crippen LogP contribution in [0.5, 0.6) is 11.5 Å². The van der Waals surface area contributed by atoms with Crippen LogP contribution in [0.3, 0.4) is 0 Å². The fraction of sp³-hybridized carbons (Fsp3) is 0.200. The zero-order valence-corrected chi connectivity index (χ0v) is 14.7. The smallest absolute Gasteiger partial charge is 0.163 e. The van der Waals surface area contributed by atoms with Gasteiger partial charge in [-0.2, -0.15) is 0 Å². The first kappa shape index (κ1) is 16.2. The van der Waals surface area contributed by atoms with Gasteiger partial charge >= 0.3 is 0 Å². The molecule has 2 aromatic carbocycles. The Morgan fingerprint density at radius 1 is 0.808 bits per heavy atom. The lowest BCUT2D eigenvalue weighted by molar-refractivity contribution is 0.171. The van der Waals surface area contributed by atoms with Crippen LogP contribution in [0.15, 0.2) is 48.8 Å². The van der Waals surface area contributed by atoms with E-state index in [9.17, 15) is 0 Å². The quantitative estimate of drug-likeness (QED) is 0.730. The summed E-state index contributed by atoms with van der Waals surface area (Å²) in [5.41, 5.74) is 4.27. The molecule has 0 saturated carbocycles. The summed E-state index contributed by atoms with van der Waals surface area (Å²) in [7, 11) is 0. The highest BCUT2D eigenvalue weighted by Gasteiger charge is 2.12. The van der Waals surface area contributed by atoms with Gasteiger partial charge in [0, 0.05) is 23.5 Å². The third-order valence-electron chi connectivity index (χ3n) is 4.14. The Bertz CT molecular complexity index is 943. The molecule has 6 nitrogen and oxygen atoms in total. The second-order valence-corrected chi connectivity index (χ2v) is 6.22. The molecule has 0 saturated heterocycles. The van der Waals surface area contributed by atoms with E-state index in [0.29, 0.717) is 19.0 Å². The Morgan fingerprint density at radius 3 is 2.42 bits per heavy atom. The van der Waals surface area contributed by atoms with E-state index in [2.05, 4.69) is 52.6 Å². The van der Waals surface area contributed by atoms with E-state index >= 15 is 0 Å². The Labute approximate surface area is 152 Å². The summed E-state index contributed by atoms with van der Waals surface area (Å²) >= 11 is 0. The van der Waals surface area contributed by atoms with Crippen LogP contribution >= 0.6 is 0 Å². The van der Waals surface area contributed by atoms with E-state index < -0.39 is 0 Å². The topological polar surface area (TPSA) is 68.3 Å². The Morgan fingerprint density at radius 2 is 1.58 bits per heavy atom. The van der Waals surface area contributed by atoms with E-state index in [1.165, 1.54) is 11.9 Å². The summed E-state index contributed by atoms with van der Waals surface area (Å²) in [5.74, 6) is 2.93. The maximum absolute atomic E-state index is 5.62. The number of anilines is 4. The fourth-order valence-corrected chi connectivity index (χ4v) is 2.77. The lowest BCUT2D eigenvalue weighted by Crippen LogP contribution is -2.15. The van der Waals surface area contributed by atoms with Gasteiger partial charge in [0.15, 0.2) is 11.5 Å². The summed E-state index contributed by atoms with van der Waals surface area (Å²) in [4.78, 5) is 8.60. The van der Waals surface area contributed by atoms with Crippen LogP contribution in [0.2, 0.25) is 0 Å². The molecule has 3 aromatic rings. The van der Waals surface area contributed by atoms with Crippen LogP contribution in [0.4, 0.5) is 23.0 Å². The van der Waals surface area contributed by atoms with Gasteiger partial charge in [0.25, 0.3) is 0 Å². The molecule has 4 rings (SSSR count). The molecule has 26 heavy (non-hydrogen) atoms. The van der Waals surface area contributed by atoms with Gasteiger partial charge in [-0.1, -0.05) is 12.1 Å². The van der Waals surface area contributed by atoms with Crippen molar-refractivity contribution in [3.05, 3.63) is 59.9 Å². The van der Waals surface area contributed by atoms with Crippen molar-refractivity contribution in [3.8, 4) is 11.5 Å². The number of fused-ring (bicyclic) bond motifs is 1. The van der Waals surface area contributed by atoms with Gasteiger partial charge in [0.05, 0.1) is 0 Å². The van der Waals surface area contributed by atoms with E-state index in [0.717, 1.165) is 34.3 Å². The first-order chi connectivity index (χ1) is 12.7. The van der Waals surface area contributed by atoms with Crippen LogP contribution in [-0.4, -0.2) is 23.2 Å². The van der Waals surface area contributed by atoms with Crippen LogP contribution in [0.25, 0.3) is 0 Å². The van der Waals surface area contributed by atoms with E-state index in [4.69, 9.17) is 9.47 Å². The summed E-state index contributed by atoms with van der Waals surface area (Å²) in [6, 6.07) is 13.9. The molecule has 0 bridgehead atoms. The Hall–Kier alpha value is -3.28. The number of hydrogen-bond acceptors (Lipinski definition) is 6. The van der Waals surface area contributed by atoms with Crippen molar-refractivity contribution in [2.45, 2.75) is 13.8 Å². The second-order valence-electron chi connectivity index (χ2n) is 6.22. The molecule has 132 valence electrons. The maximum Gasteiger partial charge on any atom is 0.163 e. The normalized spacial score (nSPS) is 12.5. The van der Waals surface area contributed by atoms with Crippen molar-refractivity contribution in [3.63, 3.8) is 0 Å². The molecular formula is C20H20N4O2. The van der Waals surface area contributed by atoms with Crippen molar-refractivity contribution >= 4 is 23.0 Å². The largest absolute Gasteiger partial charge is 0.486 e. The third-order valence-corrected chi connectivity index (χ3v) is 4.14. The average molecular weight is 348 g/mol. The first-order valence-electron chi connectivity index (χ1n) is 8.50. The zero-order valence-electron chi connectivity index (χ0n) is 14.7. The van der Waals surface area contributed by atoms with Crippen molar-refractivity contribution in [1.29, 1.82) is 0 Å². The summed E-state index contributed by atoms with van der Waals surface area (Å²) in [6.07, 6.45) is 1.54. The van der Waals surface area contributed by atoms with Gasteiger partial charge in [-0.3, -0.25) is 0 Å². The molecule has 2 N–H and O–H groups in total. The van der Waals surface area contributed by atoms with Gasteiger partial charge in [0.1, 0.15) is 31.2 Å². The number of hydrogen-bond donors (Lipinski definition) is 2. The third kappa shape index (κ3) is 3.54. The number of benzene rings is 2. The van der Waals surface area contributed by atoms with Crippen molar-refractivity contribution in [2.75, 3.05) is 23.8 Å². The molecule has 1 aliphatic rings. The van der Waals surface area contributed by atoms with Gasteiger partial charge in [-0.15, -0.1) is 0 Å². The molecule has 0 spiro atoms. The number of aromatic nitrogens is 2. The summed E-state index contributed by atoms with van der Waals surface area (Å²) in [5, 5.41) is 6.63. The fourth-order valence-electron chi connectivity index (χ4n) is 2.77. The van der Waals surface area contributed by atoms with Gasteiger partial charge < -0.3 is 20.1 Å². The highest BCUT2D eigenvalue weighted by atomic mass is 16.6. The second kappa shape index (κ2) is 6.92. The van der Waals surface area contributed by atoms with E-state index in [1.54, 1.807) is 0 Å². The molecule has 0 atom stereocenters. The first-order valence-corrected chi connectivity index (χ1v) is 8.50. The predicted octanol–water partition coefficient (Wildman–Crippen LogP) is 4.35.